The summed E-state index contributed by atoms with van der Waals surface area (Å²) >= 11 is 0. The van der Waals surface area contributed by atoms with Crippen LogP contribution < -0.4 is 10.6 Å². The van der Waals surface area contributed by atoms with E-state index >= 15 is 0 Å². The summed E-state index contributed by atoms with van der Waals surface area (Å²) in [5, 5.41) is 19.9. The van der Waals surface area contributed by atoms with Gasteiger partial charge in [-0.2, -0.15) is 5.10 Å². The van der Waals surface area contributed by atoms with Gasteiger partial charge in [-0.1, -0.05) is 32.0 Å². The molecule has 1 unspecified atom stereocenters. The minimum Gasteiger partial charge on any atom is -0.388 e. The number of amides is 2. The Labute approximate surface area is 136 Å². The van der Waals surface area contributed by atoms with Crippen molar-refractivity contribution in [1.82, 2.24) is 15.1 Å². The third-order valence-electron chi connectivity index (χ3n) is 4.08. The van der Waals surface area contributed by atoms with E-state index in [0.717, 1.165) is 11.3 Å². The molecule has 2 aromatic rings. The fourth-order valence-corrected chi connectivity index (χ4v) is 2.01. The summed E-state index contributed by atoms with van der Waals surface area (Å²) in [5.41, 5.74) is 1.01. The van der Waals surface area contributed by atoms with E-state index in [4.69, 9.17) is 0 Å². The summed E-state index contributed by atoms with van der Waals surface area (Å²) in [6.45, 7) is 7.69. The van der Waals surface area contributed by atoms with Crippen LogP contribution in [-0.4, -0.2) is 33.1 Å². The number of carbonyl (C=O) groups is 1. The Morgan fingerprint density at radius 1 is 1.35 bits per heavy atom. The van der Waals surface area contributed by atoms with Gasteiger partial charge in [0.2, 0.25) is 0 Å². The molecule has 0 bridgehead atoms. The standard InChI is InChI=1S/C17H24N4O2/c1-12(2)17(4,23)11-18-16(22)20-15-9-10-19-21(15)14-8-6-5-7-13(14)3/h5-10,12,23H,11H2,1-4H3,(H2,18,20,22). The van der Waals surface area contributed by atoms with Crippen LogP contribution in [0.4, 0.5) is 10.6 Å². The molecule has 124 valence electrons. The van der Waals surface area contributed by atoms with Gasteiger partial charge >= 0.3 is 6.03 Å². The molecule has 0 radical (unpaired) electrons. The van der Waals surface area contributed by atoms with E-state index < -0.39 is 5.60 Å². The van der Waals surface area contributed by atoms with Crippen molar-refractivity contribution >= 4 is 11.8 Å². The Bertz CT molecular complexity index is 677. The maximum Gasteiger partial charge on any atom is 0.320 e. The minimum absolute atomic E-state index is 0.0419. The zero-order chi connectivity index (χ0) is 17.0. The van der Waals surface area contributed by atoms with E-state index in [1.165, 1.54) is 0 Å². The summed E-state index contributed by atoms with van der Waals surface area (Å²) in [7, 11) is 0. The van der Waals surface area contributed by atoms with Crippen LogP contribution in [0.2, 0.25) is 0 Å². The molecule has 0 aliphatic heterocycles. The molecule has 0 spiro atoms. The number of para-hydroxylation sites is 1. The van der Waals surface area contributed by atoms with Crippen LogP contribution in [0.3, 0.4) is 0 Å². The second-order valence-corrected chi connectivity index (χ2v) is 6.23. The quantitative estimate of drug-likeness (QED) is 0.793. The number of nitrogens with one attached hydrogen (secondary N) is 2. The lowest BCUT2D eigenvalue weighted by Crippen LogP contribution is -2.45. The summed E-state index contributed by atoms with van der Waals surface area (Å²) in [4.78, 5) is 12.1. The first-order valence-corrected chi connectivity index (χ1v) is 7.68. The van der Waals surface area contributed by atoms with Gasteiger partial charge in [-0.15, -0.1) is 0 Å². The Hall–Kier alpha value is -2.34. The van der Waals surface area contributed by atoms with Gasteiger partial charge in [-0.25, -0.2) is 9.48 Å². The summed E-state index contributed by atoms with van der Waals surface area (Å²) in [6.07, 6.45) is 1.63. The smallest absolute Gasteiger partial charge is 0.320 e. The van der Waals surface area contributed by atoms with Gasteiger partial charge in [0.15, 0.2) is 0 Å². The number of benzene rings is 1. The molecular weight excluding hydrogens is 292 g/mol. The fourth-order valence-electron chi connectivity index (χ4n) is 2.01. The van der Waals surface area contributed by atoms with Crippen LogP contribution in [0.15, 0.2) is 36.5 Å². The van der Waals surface area contributed by atoms with Gasteiger partial charge in [-0.3, -0.25) is 5.32 Å². The second kappa shape index (κ2) is 6.83. The predicted molar refractivity (Wildman–Crippen MR) is 90.8 cm³/mol. The number of anilines is 1. The van der Waals surface area contributed by atoms with Crippen LogP contribution in [0.25, 0.3) is 5.69 Å². The van der Waals surface area contributed by atoms with Gasteiger partial charge in [0.1, 0.15) is 5.82 Å². The molecule has 1 atom stereocenters. The zero-order valence-electron chi connectivity index (χ0n) is 14.0. The normalized spacial score (nSPS) is 13.7. The third kappa shape index (κ3) is 4.10. The summed E-state index contributed by atoms with van der Waals surface area (Å²) in [6, 6.07) is 9.16. The Balaban J connectivity index is 2.06. The van der Waals surface area contributed by atoms with Crippen LogP contribution in [-0.2, 0) is 0 Å². The summed E-state index contributed by atoms with van der Waals surface area (Å²) < 4.78 is 1.68. The molecule has 1 aromatic carbocycles. The highest BCUT2D eigenvalue weighted by Crippen LogP contribution is 2.18. The molecule has 0 aliphatic carbocycles. The van der Waals surface area contributed by atoms with Gasteiger partial charge in [0, 0.05) is 12.6 Å². The summed E-state index contributed by atoms with van der Waals surface area (Å²) in [5.74, 6) is 0.612. The van der Waals surface area contributed by atoms with Crippen molar-refractivity contribution in [2.24, 2.45) is 5.92 Å². The fraction of sp³-hybridized carbons (Fsp3) is 0.412. The minimum atomic E-state index is -0.951. The molecule has 0 saturated heterocycles. The van der Waals surface area contributed by atoms with Crippen LogP contribution >= 0.6 is 0 Å². The number of aromatic nitrogens is 2. The van der Waals surface area contributed by atoms with E-state index in [-0.39, 0.29) is 18.5 Å². The molecule has 3 N–H and O–H groups in total. The van der Waals surface area contributed by atoms with Crippen molar-refractivity contribution < 1.29 is 9.90 Å². The average Bonchev–Trinajstić information content (AvgIpc) is 2.93. The Kier molecular flexibility index (Phi) is 5.05. The van der Waals surface area contributed by atoms with Crippen LogP contribution in [0, 0.1) is 12.8 Å². The lowest BCUT2D eigenvalue weighted by Gasteiger charge is -2.27. The number of aliphatic hydroxyl groups is 1. The van der Waals surface area contributed by atoms with Crippen molar-refractivity contribution in [3.8, 4) is 5.69 Å². The number of urea groups is 1. The second-order valence-electron chi connectivity index (χ2n) is 6.23. The Morgan fingerprint density at radius 2 is 2.04 bits per heavy atom. The van der Waals surface area contributed by atoms with Crippen molar-refractivity contribution in [3.63, 3.8) is 0 Å². The first-order valence-electron chi connectivity index (χ1n) is 7.68. The largest absolute Gasteiger partial charge is 0.388 e. The van der Waals surface area contributed by atoms with E-state index in [1.807, 2.05) is 45.0 Å². The average molecular weight is 316 g/mol. The van der Waals surface area contributed by atoms with Gasteiger partial charge in [0.25, 0.3) is 0 Å². The van der Waals surface area contributed by atoms with Crippen molar-refractivity contribution in [2.75, 3.05) is 11.9 Å². The van der Waals surface area contributed by atoms with E-state index in [9.17, 15) is 9.90 Å². The van der Waals surface area contributed by atoms with E-state index in [0.29, 0.717) is 5.82 Å². The number of hydrogen-bond acceptors (Lipinski definition) is 3. The van der Waals surface area contributed by atoms with Crippen molar-refractivity contribution in [3.05, 3.63) is 42.1 Å². The number of rotatable bonds is 5. The van der Waals surface area contributed by atoms with E-state index in [1.54, 1.807) is 23.9 Å². The maximum absolute atomic E-state index is 12.1. The van der Waals surface area contributed by atoms with Gasteiger partial charge in [0.05, 0.1) is 17.5 Å². The molecule has 1 aromatic heterocycles. The van der Waals surface area contributed by atoms with Crippen LogP contribution in [0.5, 0.6) is 0 Å². The lowest BCUT2D eigenvalue weighted by atomic mass is 9.93. The lowest BCUT2D eigenvalue weighted by molar-refractivity contribution is 0.0170. The predicted octanol–water partition coefficient (Wildman–Crippen LogP) is 2.71. The molecule has 0 aliphatic rings. The highest BCUT2D eigenvalue weighted by molar-refractivity contribution is 5.88. The first kappa shape index (κ1) is 17.0. The number of carbonyl (C=O) groups excluding carboxylic acids is 1. The van der Waals surface area contributed by atoms with Gasteiger partial charge in [-0.05, 0) is 31.4 Å². The highest BCUT2D eigenvalue weighted by atomic mass is 16.3. The zero-order valence-corrected chi connectivity index (χ0v) is 14.0. The number of hydrogen-bond donors (Lipinski definition) is 3. The third-order valence-corrected chi connectivity index (χ3v) is 4.08. The molecule has 0 saturated carbocycles. The maximum atomic E-state index is 12.1. The monoisotopic (exact) mass is 316 g/mol. The SMILES string of the molecule is Cc1ccccc1-n1nccc1NC(=O)NCC(C)(O)C(C)C. The molecule has 0 fully saturated rings. The molecular formula is C17H24N4O2. The molecule has 23 heavy (non-hydrogen) atoms. The molecule has 1 heterocycles. The van der Waals surface area contributed by atoms with Crippen molar-refractivity contribution in [1.29, 1.82) is 0 Å². The number of nitrogens with zero attached hydrogens (tertiary/aromatic N) is 2. The van der Waals surface area contributed by atoms with Crippen LogP contribution in [0.1, 0.15) is 26.3 Å². The topological polar surface area (TPSA) is 79.2 Å². The first-order chi connectivity index (χ1) is 10.8. The molecule has 6 heteroatoms. The molecule has 2 amide bonds. The highest BCUT2D eigenvalue weighted by Gasteiger charge is 2.25. The van der Waals surface area contributed by atoms with Gasteiger partial charge < -0.3 is 10.4 Å². The van der Waals surface area contributed by atoms with Crippen molar-refractivity contribution in [2.45, 2.75) is 33.3 Å². The number of aryl methyl sites for hydroxylation is 1. The molecule has 6 nitrogen and oxygen atoms in total. The Morgan fingerprint density at radius 3 is 2.70 bits per heavy atom. The van der Waals surface area contributed by atoms with E-state index in [2.05, 4.69) is 15.7 Å². The molecule has 2 rings (SSSR count).